The number of ketones is 1. The van der Waals surface area contributed by atoms with Gasteiger partial charge in [0.2, 0.25) is 0 Å². The first-order valence-corrected chi connectivity index (χ1v) is 10.5. The summed E-state index contributed by atoms with van der Waals surface area (Å²) in [5.41, 5.74) is 1.48. The highest BCUT2D eigenvalue weighted by Crippen LogP contribution is 2.29. The molecule has 1 aliphatic rings. The molecule has 0 bridgehead atoms. The molecule has 3 N–H and O–H groups in total. The van der Waals surface area contributed by atoms with Crippen LogP contribution in [0, 0.1) is 0 Å². The largest absolute Gasteiger partial charge is 0.490 e. The Morgan fingerprint density at radius 3 is 2.77 bits per heavy atom. The molecule has 0 unspecified atom stereocenters. The minimum absolute atomic E-state index is 0.151. The van der Waals surface area contributed by atoms with Crippen LogP contribution in [-0.4, -0.2) is 49.1 Å². The van der Waals surface area contributed by atoms with Gasteiger partial charge in [-0.15, -0.1) is 11.3 Å². The third-order valence-electron chi connectivity index (χ3n) is 4.45. The van der Waals surface area contributed by atoms with Crippen LogP contribution in [0.4, 0.5) is 0 Å². The van der Waals surface area contributed by atoms with E-state index in [1.165, 1.54) is 34.4 Å². The summed E-state index contributed by atoms with van der Waals surface area (Å²) < 4.78 is 10.8. The van der Waals surface area contributed by atoms with E-state index in [0.29, 0.717) is 22.8 Å². The van der Waals surface area contributed by atoms with Gasteiger partial charge in [0, 0.05) is 23.5 Å². The summed E-state index contributed by atoms with van der Waals surface area (Å²) in [5.74, 6) is -1.10. The van der Waals surface area contributed by atoms with Crippen LogP contribution in [0.5, 0.6) is 11.5 Å². The van der Waals surface area contributed by atoms with Gasteiger partial charge in [0.25, 0.3) is 5.91 Å². The lowest BCUT2D eigenvalue weighted by Crippen LogP contribution is -2.29. The second-order valence-electron chi connectivity index (χ2n) is 6.78. The molecule has 1 amide bonds. The van der Waals surface area contributed by atoms with Crippen molar-refractivity contribution in [3.63, 3.8) is 0 Å². The summed E-state index contributed by atoms with van der Waals surface area (Å²) in [6, 6.07) is 6.41. The second kappa shape index (κ2) is 10.2. The lowest BCUT2D eigenvalue weighted by atomic mass is 10.1. The lowest BCUT2D eigenvalue weighted by Gasteiger charge is -2.13. The number of carboxylic acid groups (broad SMARTS) is 1. The molecular formula is C21H24N2O6S. The number of thiophene rings is 1. The number of amides is 1. The molecule has 3 rings (SSSR count). The summed E-state index contributed by atoms with van der Waals surface area (Å²) in [7, 11) is 0. The van der Waals surface area contributed by atoms with Crippen molar-refractivity contribution < 1.29 is 29.0 Å². The molecule has 0 atom stereocenters. The second-order valence-corrected chi connectivity index (χ2v) is 7.92. The molecule has 1 aliphatic heterocycles. The highest BCUT2D eigenvalue weighted by Gasteiger charge is 2.18. The first-order valence-electron chi connectivity index (χ1n) is 9.73. The van der Waals surface area contributed by atoms with E-state index < -0.39 is 12.6 Å². The first-order chi connectivity index (χ1) is 14.5. The van der Waals surface area contributed by atoms with E-state index in [-0.39, 0.29) is 24.0 Å². The van der Waals surface area contributed by atoms with Crippen LogP contribution < -0.4 is 20.1 Å². The number of carboxylic acids is 1. The Kier molecular flexibility index (Phi) is 7.42. The number of rotatable bonds is 10. The molecule has 1 aromatic heterocycles. The van der Waals surface area contributed by atoms with Gasteiger partial charge in [-0.1, -0.05) is 6.92 Å². The van der Waals surface area contributed by atoms with Crippen molar-refractivity contribution in [3.05, 3.63) is 45.1 Å². The van der Waals surface area contributed by atoms with Crippen molar-refractivity contribution in [2.45, 2.75) is 26.3 Å². The number of carbonyl (C=O) groups is 3. The average Bonchev–Trinajstić information content (AvgIpc) is 3.19. The molecule has 0 fully saturated rings. The number of ether oxygens (including phenoxy) is 2. The van der Waals surface area contributed by atoms with Crippen LogP contribution in [0.15, 0.2) is 24.3 Å². The molecule has 8 nitrogen and oxygen atoms in total. The smallest absolute Gasteiger partial charge is 0.341 e. The molecule has 0 saturated heterocycles. The van der Waals surface area contributed by atoms with E-state index in [1.807, 2.05) is 13.0 Å². The Hall–Kier alpha value is -2.91. The molecule has 30 heavy (non-hydrogen) atoms. The van der Waals surface area contributed by atoms with Gasteiger partial charge in [0.15, 0.2) is 23.9 Å². The van der Waals surface area contributed by atoms with Gasteiger partial charge in [-0.25, -0.2) is 4.79 Å². The number of carbonyl (C=O) groups excluding carboxylic acids is 2. The Bertz CT molecular complexity index is 916. The summed E-state index contributed by atoms with van der Waals surface area (Å²) in [6.07, 6.45) is 1.65. The summed E-state index contributed by atoms with van der Waals surface area (Å²) >= 11 is 1.46. The Balaban J connectivity index is 1.64. The lowest BCUT2D eigenvalue weighted by molar-refractivity contribution is -0.139. The van der Waals surface area contributed by atoms with E-state index in [1.54, 1.807) is 0 Å². The van der Waals surface area contributed by atoms with Gasteiger partial charge >= 0.3 is 5.97 Å². The zero-order valence-corrected chi connectivity index (χ0v) is 17.5. The minimum Gasteiger partial charge on any atom is -0.490 e. The Morgan fingerprint density at radius 1 is 1.20 bits per heavy atom. The molecule has 9 heteroatoms. The number of nitrogens with one attached hydrogen (secondary N) is 2. The van der Waals surface area contributed by atoms with Gasteiger partial charge in [-0.3, -0.25) is 9.59 Å². The first kappa shape index (κ1) is 21.8. The average molecular weight is 432 g/mol. The number of hydrogen-bond acceptors (Lipinski definition) is 7. The van der Waals surface area contributed by atoms with Gasteiger partial charge in [0.1, 0.15) is 0 Å². The molecule has 160 valence electrons. The molecule has 0 radical (unpaired) electrons. The summed E-state index contributed by atoms with van der Waals surface area (Å²) in [4.78, 5) is 37.5. The van der Waals surface area contributed by atoms with Crippen LogP contribution in [0.2, 0.25) is 0 Å². The Labute approximate surface area is 178 Å². The predicted octanol–water partition coefficient (Wildman–Crippen LogP) is 2.26. The normalized spacial score (nSPS) is 12.7. The van der Waals surface area contributed by atoms with Crippen molar-refractivity contribution in [2.24, 2.45) is 0 Å². The van der Waals surface area contributed by atoms with Crippen LogP contribution in [0.1, 0.15) is 43.8 Å². The molecule has 2 aromatic rings. The van der Waals surface area contributed by atoms with Gasteiger partial charge in [-0.2, -0.15) is 0 Å². The number of hydrogen-bond donors (Lipinski definition) is 3. The minimum atomic E-state index is -1.11. The predicted molar refractivity (Wildman–Crippen MR) is 112 cm³/mol. The zero-order valence-electron chi connectivity index (χ0n) is 16.7. The quantitative estimate of drug-likeness (QED) is 0.494. The van der Waals surface area contributed by atoms with Crippen LogP contribution in [0.25, 0.3) is 0 Å². The molecule has 2 heterocycles. The van der Waals surface area contributed by atoms with Gasteiger partial charge < -0.3 is 25.2 Å². The fraction of sp³-hybridized carbons (Fsp3) is 0.381. The topological polar surface area (TPSA) is 114 Å². The summed E-state index contributed by atoms with van der Waals surface area (Å²) in [6.45, 7) is 3.33. The third kappa shape index (κ3) is 5.58. The van der Waals surface area contributed by atoms with Gasteiger partial charge in [0.05, 0.1) is 18.0 Å². The molecule has 0 spiro atoms. The highest BCUT2D eigenvalue weighted by molar-refractivity contribution is 7.14. The Morgan fingerprint density at radius 2 is 2.03 bits per heavy atom. The van der Waals surface area contributed by atoms with Crippen molar-refractivity contribution in [2.75, 3.05) is 26.3 Å². The van der Waals surface area contributed by atoms with Crippen molar-refractivity contribution in [3.8, 4) is 11.5 Å². The number of aliphatic carboxylic acids is 1. The van der Waals surface area contributed by atoms with Crippen LogP contribution in [-0.2, 0) is 17.8 Å². The maximum absolute atomic E-state index is 12.6. The van der Waals surface area contributed by atoms with Gasteiger partial charge in [-0.05, 0) is 42.7 Å². The van der Waals surface area contributed by atoms with Crippen molar-refractivity contribution in [1.82, 2.24) is 10.6 Å². The molecular weight excluding hydrogens is 408 g/mol. The standard InChI is InChI=1S/C21H24N2O6S/c1-2-7-28-17-8-13(3-4-16(17)29-12-20(25)26)15(24)11-23-21(27)19-9-14-10-22-6-5-18(14)30-19/h3-4,8-9,22H,2,5-7,10-12H2,1H3,(H,23,27)(H,25,26). The fourth-order valence-electron chi connectivity index (χ4n) is 2.98. The van der Waals surface area contributed by atoms with Crippen LogP contribution >= 0.6 is 11.3 Å². The number of Topliss-reactive ketones (excluding diaryl/α,β-unsaturated/α-hetero) is 1. The maximum Gasteiger partial charge on any atom is 0.341 e. The maximum atomic E-state index is 12.6. The highest BCUT2D eigenvalue weighted by atomic mass is 32.1. The molecule has 0 saturated carbocycles. The van der Waals surface area contributed by atoms with E-state index >= 15 is 0 Å². The monoisotopic (exact) mass is 432 g/mol. The van der Waals surface area contributed by atoms with Crippen LogP contribution in [0.3, 0.4) is 0 Å². The van der Waals surface area contributed by atoms with E-state index in [4.69, 9.17) is 14.6 Å². The van der Waals surface area contributed by atoms with E-state index in [0.717, 1.165) is 31.5 Å². The third-order valence-corrected chi connectivity index (χ3v) is 5.69. The SMILES string of the molecule is CCCOc1cc(C(=O)CNC(=O)c2cc3c(s2)CCNC3)ccc1OCC(=O)O. The molecule has 1 aromatic carbocycles. The zero-order chi connectivity index (χ0) is 21.5. The summed E-state index contributed by atoms with van der Waals surface area (Å²) in [5, 5.41) is 14.7. The van der Waals surface area contributed by atoms with Crippen molar-refractivity contribution in [1.29, 1.82) is 0 Å². The van der Waals surface area contributed by atoms with E-state index in [2.05, 4.69) is 10.6 Å². The fourth-order valence-corrected chi connectivity index (χ4v) is 4.08. The van der Waals surface area contributed by atoms with Crippen molar-refractivity contribution >= 4 is 29.0 Å². The van der Waals surface area contributed by atoms with E-state index in [9.17, 15) is 14.4 Å². The molecule has 0 aliphatic carbocycles. The number of fused-ring (bicyclic) bond motifs is 1. The number of benzene rings is 1.